The van der Waals surface area contributed by atoms with Gasteiger partial charge in [0.15, 0.2) is 5.60 Å². The maximum Gasteiger partial charge on any atom is 0.343 e. The fraction of sp³-hybridized carbons (Fsp3) is 0.632. The van der Waals surface area contributed by atoms with Crippen LogP contribution in [-0.4, -0.2) is 47.4 Å². The second kappa shape index (κ2) is 7.21. The third kappa shape index (κ3) is 3.89. The van der Waals surface area contributed by atoms with Crippen LogP contribution in [0.25, 0.3) is 0 Å². The van der Waals surface area contributed by atoms with Crippen molar-refractivity contribution in [3.05, 3.63) is 35.9 Å². The van der Waals surface area contributed by atoms with Gasteiger partial charge in [-0.2, -0.15) is 0 Å². The number of halogens is 2. The van der Waals surface area contributed by atoms with Crippen molar-refractivity contribution in [1.29, 1.82) is 0 Å². The number of benzene rings is 1. The quantitative estimate of drug-likeness (QED) is 0.692. The summed E-state index contributed by atoms with van der Waals surface area (Å²) in [5.74, 6) is -4.81. The topological polar surface area (TPSA) is 78.8 Å². The van der Waals surface area contributed by atoms with Gasteiger partial charge >= 0.3 is 5.97 Å². The fourth-order valence-electron chi connectivity index (χ4n) is 3.87. The van der Waals surface area contributed by atoms with E-state index in [1.165, 1.54) is 12.1 Å². The molecule has 2 fully saturated rings. The molecule has 0 aromatic heterocycles. The predicted molar refractivity (Wildman–Crippen MR) is 90.6 cm³/mol. The number of alkyl halides is 2. The van der Waals surface area contributed by atoms with E-state index in [4.69, 9.17) is 4.74 Å². The monoisotopic (exact) mass is 369 g/mol. The number of hydrogen-bond donors (Lipinski definition) is 3. The van der Waals surface area contributed by atoms with E-state index < -0.39 is 35.4 Å². The molecule has 1 aliphatic heterocycles. The molecule has 1 saturated heterocycles. The fourth-order valence-corrected chi connectivity index (χ4v) is 3.87. The average molecular weight is 369 g/mol. The van der Waals surface area contributed by atoms with Crippen LogP contribution in [0.15, 0.2) is 30.3 Å². The summed E-state index contributed by atoms with van der Waals surface area (Å²) >= 11 is 0. The molecule has 3 N–H and O–H groups in total. The molecule has 0 unspecified atom stereocenters. The van der Waals surface area contributed by atoms with E-state index in [1.54, 1.807) is 18.2 Å². The predicted octanol–water partition coefficient (Wildman–Crippen LogP) is 1.97. The third-order valence-electron chi connectivity index (χ3n) is 5.53. The van der Waals surface area contributed by atoms with Crippen LogP contribution in [0.2, 0.25) is 0 Å². The van der Waals surface area contributed by atoms with Gasteiger partial charge in [0.2, 0.25) is 5.92 Å². The Morgan fingerprint density at radius 3 is 2.46 bits per heavy atom. The van der Waals surface area contributed by atoms with Gasteiger partial charge in [-0.25, -0.2) is 13.6 Å². The molecule has 0 radical (unpaired) electrons. The first kappa shape index (κ1) is 19.2. The van der Waals surface area contributed by atoms with Crippen molar-refractivity contribution >= 4 is 5.97 Å². The Kier molecular flexibility index (Phi) is 5.33. The highest BCUT2D eigenvalue weighted by molar-refractivity contribution is 5.81. The number of nitrogens with one attached hydrogen (secondary N) is 1. The zero-order valence-corrected chi connectivity index (χ0v) is 14.6. The second-order valence-electron chi connectivity index (χ2n) is 7.48. The number of esters is 1. The molecule has 1 heterocycles. The zero-order chi connectivity index (χ0) is 18.8. The van der Waals surface area contributed by atoms with Gasteiger partial charge in [0, 0.05) is 18.8 Å². The minimum absolute atomic E-state index is 0.0294. The molecule has 0 spiro atoms. The molecule has 1 aromatic carbocycles. The van der Waals surface area contributed by atoms with Crippen LogP contribution in [0.3, 0.4) is 0 Å². The van der Waals surface area contributed by atoms with E-state index in [0.29, 0.717) is 25.9 Å². The van der Waals surface area contributed by atoms with Gasteiger partial charge in [0.1, 0.15) is 12.2 Å². The van der Waals surface area contributed by atoms with Crippen molar-refractivity contribution in [2.45, 2.75) is 49.2 Å². The zero-order valence-electron chi connectivity index (χ0n) is 14.6. The van der Waals surface area contributed by atoms with Crippen LogP contribution in [0, 0.1) is 5.92 Å². The van der Waals surface area contributed by atoms with Gasteiger partial charge < -0.3 is 20.3 Å². The Hall–Kier alpha value is -1.57. The van der Waals surface area contributed by atoms with Crippen LogP contribution in [0.4, 0.5) is 8.78 Å². The van der Waals surface area contributed by atoms with Gasteiger partial charge in [-0.05, 0) is 37.9 Å². The normalized spacial score (nSPS) is 26.8. The summed E-state index contributed by atoms with van der Waals surface area (Å²) < 4.78 is 32.7. The molecular weight excluding hydrogens is 344 g/mol. The number of rotatable bonds is 5. The summed E-state index contributed by atoms with van der Waals surface area (Å²) in [6, 6.07) is 8.08. The summed E-state index contributed by atoms with van der Waals surface area (Å²) in [6.45, 7) is 0.948. The van der Waals surface area contributed by atoms with Crippen molar-refractivity contribution in [2.24, 2.45) is 5.92 Å². The number of ether oxygens (including phenoxy) is 1. The summed E-state index contributed by atoms with van der Waals surface area (Å²) in [5.41, 5.74) is -3.06. The first-order valence-corrected chi connectivity index (χ1v) is 9.01. The molecule has 0 amide bonds. The van der Waals surface area contributed by atoms with Gasteiger partial charge in [-0.3, -0.25) is 0 Å². The Morgan fingerprint density at radius 2 is 1.88 bits per heavy atom. The lowest BCUT2D eigenvalue weighted by atomic mass is 9.80. The van der Waals surface area contributed by atoms with Crippen LogP contribution in [0.5, 0.6) is 0 Å². The molecule has 1 aliphatic carbocycles. The first-order valence-electron chi connectivity index (χ1n) is 9.01. The highest BCUT2D eigenvalue weighted by Crippen LogP contribution is 2.48. The summed E-state index contributed by atoms with van der Waals surface area (Å²) in [4.78, 5) is 12.8. The Morgan fingerprint density at radius 1 is 1.23 bits per heavy atom. The summed E-state index contributed by atoms with van der Waals surface area (Å²) in [6.07, 6.45) is -0.0594. The van der Waals surface area contributed by atoms with Crippen molar-refractivity contribution in [3.63, 3.8) is 0 Å². The van der Waals surface area contributed by atoms with Gasteiger partial charge in [0.25, 0.3) is 0 Å². The van der Waals surface area contributed by atoms with E-state index in [1.807, 2.05) is 0 Å². The van der Waals surface area contributed by atoms with Gasteiger partial charge in [-0.1, -0.05) is 30.3 Å². The molecule has 144 valence electrons. The molecule has 2 aliphatic rings. The Balaban J connectivity index is 1.80. The molecule has 26 heavy (non-hydrogen) atoms. The molecule has 1 aromatic rings. The van der Waals surface area contributed by atoms with Crippen molar-refractivity contribution in [3.8, 4) is 0 Å². The minimum atomic E-state index is -2.90. The average Bonchev–Trinajstić information content (AvgIpc) is 3.00. The molecule has 0 bridgehead atoms. The molecule has 3 rings (SSSR count). The van der Waals surface area contributed by atoms with E-state index in [2.05, 4.69) is 5.32 Å². The van der Waals surface area contributed by atoms with Crippen LogP contribution in [-0.2, 0) is 15.1 Å². The van der Waals surface area contributed by atoms with Crippen molar-refractivity contribution in [1.82, 2.24) is 5.32 Å². The van der Waals surface area contributed by atoms with E-state index >= 15 is 0 Å². The SMILES string of the molecule is O=C(OCC1(O)CCNCC1)[C@](O)(c1ccccc1)[C@@H]1CCC(F)(F)C1. The number of carbonyl (C=O) groups excluding carboxylic acids is 1. The number of carbonyl (C=O) groups is 1. The number of piperidine rings is 1. The van der Waals surface area contributed by atoms with Gasteiger partial charge in [0.05, 0.1) is 0 Å². The first-order chi connectivity index (χ1) is 12.3. The number of aliphatic hydroxyl groups is 2. The lowest BCUT2D eigenvalue weighted by Gasteiger charge is -2.35. The Bertz CT molecular complexity index is 634. The van der Waals surface area contributed by atoms with Crippen LogP contribution >= 0.6 is 0 Å². The maximum atomic E-state index is 13.7. The largest absolute Gasteiger partial charge is 0.460 e. The smallest absolute Gasteiger partial charge is 0.343 e. The second-order valence-corrected chi connectivity index (χ2v) is 7.48. The maximum absolute atomic E-state index is 13.7. The molecule has 2 atom stereocenters. The molecule has 1 saturated carbocycles. The lowest BCUT2D eigenvalue weighted by Crippen LogP contribution is -2.49. The van der Waals surface area contributed by atoms with Crippen molar-refractivity contribution in [2.75, 3.05) is 19.7 Å². The highest BCUT2D eigenvalue weighted by atomic mass is 19.3. The minimum Gasteiger partial charge on any atom is -0.460 e. The van der Waals surface area contributed by atoms with E-state index in [-0.39, 0.29) is 25.0 Å². The highest BCUT2D eigenvalue weighted by Gasteiger charge is 2.54. The summed E-state index contributed by atoms with van der Waals surface area (Å²) in [5, 5.41) is 24.8. The van der Waals surface area contributed by atoms with E-state index in [9.17, 15) is 23.8 Å². The third-order valence-corrected chi connectivity index (χ3v) is 5.53. The number of hydrogen-bond acceptors (Lipinski definition) is 5. The summed E-state index contributed by atoms with van der Waals surface area (Å²) in [7, 11) is 0. The van der Waals surface area contributed by atoms with Crippen molar-refractivity contribution < 1.29 is 28.5 Å². The standard InChI is InChI=1S/C19H25F2NO4/c20-18(21)7-6-15(12-18)19(25,14-4-2-1-3-5-14)16(23)26-13-17(24)8-10-22-11-9-17/h1-5,15,22,24-25H,6-13H2/t15-,19+/m1/s1. The molecule has 5 nitrogen and oxygen atoms in total. The van der Waals surface area contributed by atoms with Gasteiger partial charge in [-0.15, -0.1) is 0 Å². The Labute approximate surface area is 151 Å². The molecular formula is C19H25F2NO4. The van der Waals surface area contributed by atoms with E-state index in [0.717, 1.165) is 0 Å². The molecule has 7 heteroatoms. The van der Waals surface area contributed by atoms with Crippen LogP contribution in [0.1, 0.15) is 37.7 Å². The van der Waals surface area contributed by atoms with Crippen LogP contribution < -0.4 is 5.32 Å². The lowest BCUT2D eigenvalue weighted by molar-refractivity contribution is -0.182.